The van der Waals surface area contributed by atoms with Gasteiger partial charge in [-0.05, 0) is 78.4 Å². The number of hydrogen-bond acceptors (Lipinski definition) is 0. The van der Waals surface area contributed by atoms with Crippen LogP contribution < -0.4 is 0 Å². The third-order valence-electron chi connectivity index (χ3n) is 17.2. The van der Waals surface area contributed by atoms with Gasteiger partial charge in [0.25, 0.3) is 0 Å². The molecule has 9 rings (SSSR count). The van der Waals surface area contributed by atoms with Crippen molar-refractivity contribution >= 4 is 0 Å². The van der Waals surface area contributed by atoms with Crippen molar-refractivity contribution in [2.24, 2.45) is 79.8 Å². The van der Waals surface area contributed by atoms with E-state index in [-0.39, 0.29) is 245 Å². The van der Waals surface area contributed by atoms with E-state index in [0.29, 0.717) is 10.8 Å². The van der Waals surface area contributed by atoms with Crippen molar-refractivity contribution in [2.75, 3.05) is 0 Å². The van der Waals surface area contributed by atoms with Crippen LogP contribution in [0.5, 0.6) is 0 Å². The standard InChI is InChI=1S/C9H16.7C8H14.8C4H10.7Y/c1-2-6-9(5-1)7-3-4-8-9;3*1-8(2)6-4-3-5-7-8;2*1-3-8(2)6-4-5-7-8;1-2-8-6-4-3-5-7-8;1-2-5-8-6-3-4-7-8;8*1-4(2)3;;;;;;;/h1-8H2;7*1-7H2;8*4H,1-3H3;;;;;;;/q;7*-2;;;;;;;;;;;;;;;. The summed E-state index contributed by atoms with van der Waals surface area (Å²) in [5, 5.41) is 0. The fourth-order valence-corrected chi connectivity index (χ4v) is 12.1. The van der Waals surface area contributed by atoms with Crippen molar-refractivity contribution < 1.29 is 229 Å². The molecule has 0 heterocycles. The summed E-state index contributed by atoms with van der Waals surface area (Å²) in [5.74, 6) is 10.1. The summed E-state index contributed by atoms with van der Waals surface area (Å²) in [4.78, 5) is 0. The van der Waals surface area contributed by atoms with Gasteiger partial charge in [-0.15, -0.1) is 38.5 Å². The Kier molecular flexibility index (Phi) is 130. The maximum absolute atomic E-state index is 4.12. The Hall–Kier alpha value is 7.73. The van der Waals surface area contributed by atoms with Crippen LogP contribution >= 0.6 is 0 Å². The minimum absolute atomic E-state index is 0. The van der Waals surface area contributed by atoms with Crippen molar-refractivity contribution in [3.63, 3.8) is 0 Å². The summed E-state index contributed by atoms with van der Waals surface area (Å²) in [7, 11) is 0. The first-order chi connectivity index (χ1) is 44.8. The second kappa shape index (κ2) is 94.6. The van der Waals surface area contributed by atoms with Gasteiger partial charge in [-0.1, -0.05) is 333 Å². The molecule has 0 atom stereocenters. The van der Waals surface area contributed by atoms with Gasteiger partial charge in [0.1, 0.15) is 0 Å². The maximum Gasteiger partial charge on any atom is 0 e. The summed E-state index contributed by atoms with van der Waals surface area (Å²) < 4.78 is 0. The van der Waals surface area contributed by atoms with E-state index in [1.807, 2.05) is 0 Å². The summed E-state index contributed by atoms with van der Waals surface area (Å²) >= 11 is 0. The Morgan fingerprint density at radius 2 is 0.375 bits per heavy atom. The van der Waals surface area contributed by atoms with E-state index in [0.717, 1.165) is 78.4 Å². The Labute approximate surface area is 845 Å². The van der Waals surface area contributed by atoms with Gasteiger partial charge >= 0.3 is 0 Å². The molecule has 0 saturated heterocycles. The molecule has 1 spiro atoms. The summed E-state index contributed by atoms with van der Waals surface area (Å²) in [5.41, 5.74) is 2.18. The van der Waals surface area contributed by atoms with Crippen LogP contribution in [-0.2, 0) is 229 Å². The molecule has 7 radical (unpaired) electrons. The zero-order valence-electron chi connectivity index (χ0n) is 77.0. The predicted molar refractivity (Wildman–Crippen MR) is 457 cm³/mol. The fraction of sp³-hybridized carbons (Fsp3) is 0.856. The Morgan fingerprint density at radius 3 is 0.510 bits per heavy atom. The minimum Gasteiger partial charge on any atom is -0.372 e. The second-order valence-corrected chi connectivity index (χ2v) is 38.0. The Morgan fingerprint density at radius 1 is 0.221 bits per heavy atom. The molecule has 9 aliphatic carbocycles. The van der Waals surface area contributed by atoms with Gasteiger partial charge in [-0.25, -0.2) is 25.7 Å². The van der Waals surface area contributed by atoms with Crippen LogP contribution in [0, 0.1) is 175 Å². The molecule has 0 aliphatic heterocycles. The molecule has 617 valence electrons. The molecule has 0 aromatic carbocycles. The van der Waals surface area contributed by atoms with Crippen LogP contribution in [0.15, 0.2) is 0 Å². The average molecular weight is 1980 g/mol. The molecule has 0 aromatic rings. The molecule has 0 nitrogen and oxygen atoms in total. The maximum atomic E-state index is 4.12. The van der Waals surface area contributed by atoms with Gasteiger partial charge in [-0.3, -0.25) is 16.2 Å². The van der Waals surface area contributed by atoms with Crippen molar-refractivity contribution in [2.45, 2.75) is 455 Å². The van der Waals surface area contributed by atoms with E-state index < -0.39 is 0 Å². The second-order valence-electron chi connectivity index (χ2n) is 38.0. The smallest absolute Gasteiger partial charge is 0 e. The first-order valence-electron chi connectivity index (χ1n) is 42.5. The molecule has 0 bridgehead atoms. The largest absolute Gasteiger partial charge is 0.372 e. The monoisotopic (exact) mass is 1980 g/mol. The van der Waals surface area contributed by atoms with Crippen LogP contribution in [0.25, 0.3) is 0 Å². The molecule has 0 aromatic heterocycles. The van der Waals surface area contributed by atoms with Crippen LogP contribution in [0.4, 0.5) is 0 Å². The van der Waals surface area contributed by atoms with Crippen LogP contribution in [0.3, 0.4) is 0 Å². The van der Waals surface area contributed by atoms with Gasteiger partial charge in [0.15, 0.2) is 0 Å². The quantitative estimate of drug-likeness (QED) is 0.241. The zero-order chi connectivity index (χ0) is 76.6. The molecule has 0 N–H and O–H groups in total. The van der Waals surface area contributed by atoms with Crippen molar-refractivity contribution in [3.05, 3.63) is 94.9 Å². The van der Waals surface area contributed by atoms with Crippen molar-refractivity contribution in [1.82, 2.24) is 0 Å². The van der Waals surface area contributed by atoms with Gasteiger partial charge in [0, 0.05) is 229 Å². The van der Waals surface area contributed by atoms with Crippen LogP contribution in [-0.4, -0.2) is 0 Å². The molecule has 0 unspecified atom stereocenters. The van der Waals surface area contributed by atoms with Crippen LogP contribution in [0.2, 0.25) is 0 Å². The van der Waals surface area contributed by atoms with Crippen molar-refractivity contribution in [1.29, 1.82) is 0 Å². The average Bonchev–Trinajstić information content (AvgIpc) is 1.70. The molecule has 0 amide bonds. The molecule has 9 saturated carbocycles. The normalized spacial score (nSPS) is 19.5. The Bertz CT molecular complexity index is 1270. The fourth-order valence-electron chi connectivity index (χ4n) is 12.1. The summed E-state index contributed by atoms with van der Waals surface area (Å²) in [6, 6.07) is 0. The molecular formula is C97H194Y7-14. The molecule has 9 fully saturated rings. The first kappa shape index (κ1) is 143. The third kappa shape index (κ3) is 130. The first-order valence-corrected chi connectivity index (χ1v) is 42.5. The zero-order valence-corrected chi connectivity index (χ0v) is 96.8. The predicted octanol–water partition coefficient (Wildman–Crippen LogP) is 34.9. The summed E-state index contributed by atoms with van der Waals surface area (Å²) in [6.45, 7) is 99.8. The SMILES string of the molecule is C1CCC2(C1)CCCC2.CC(C)C.CC(C)C.CC(C)C.CC(C)C.CC(C)C.CC(C)C.CC(C)C.CC(C)C.[CH2-]C1([CH2-])CCCCC1.[CH2-]C1([CH2-])CCCCC1.[CH2-]C1([CH2-])CCCCC1.[CH2-]CC1([CH2-])CCCC1.[CH2-]CC1([CH2-])CCCC1.[CH2-]CC[C-]1CCCC1.[CH2-]C[C-]1CCCCC1.[Y].[Y].[Y].[Y].[Y].[Y].[Y]. The molecular weight excluding hydrogens is 1790 g/mol. The van der Waals surface area contributed by atoms with E-state index in [4.69, 9.17) is 0 Å². The topological polar surface area (TPSA) is 0 Å². The molecule has 9 aliphatic rings. The Balaban J connectivity index is -0.0000000696. The van der Waals surface area contributed by atoms with E-state index in [2.05, 4.69) is 249 Å². The van der Waals surface area contributed by atoms with E-state index >= 15 is 0 Å². The van der Waals surface area contributed by atoms with Gasteiger partial charge in [0.05, 0.1) is 0 Å². The van der Waals surface area contributed by atoms with E-state index in [1.54, 1.807) is 37.5 Å². The van der Waals surface area contributed by atoms with Crippen molar-refractivity contribution in [3.8, 4) is 0 Å². The van der Waals surface area contributed by atoms with E-state index in [9.17, 15) is 0 Å². The van der Waals surface area contributed by atoms with E-state index in [1.165, 1.54) is 238 Å². The number of rotatable bonds is 5. The molecule has 104 heavy (non-hydrogen) atoms. The van der Waals surface area contributed by atoms with Crippen LogP contribution in [0.1, 0.15) is 455 Å². The summed E-state index contributed by atoms with van der Waals surface area (Å²) in [6.07, 6.45) is 60.9. The molecule has 7 heteroatoms. The minimum atomic E-state index is 0. The third-order valence-corrected chi connectivity index (χ3v) is 17.2. The number of hydrogen-bond donors (Lipinski definition) is 0. The van der Waals surface area contributed by atoms with Gasteiger partial charge < -0.3 is 101 Å². The van der Waals surface area contributed by atoms with Gasteiger partial charge in [0.2, 0.25) is 0 Å². The van der Waals surface area contributed by atoms with Gasteiger partial charge in [-0.2, -0.15) is 36.5 Å².